The first kappa shape index (κ1) is 16.4. The van der Waals surface area contributed by atoms with Gasteiger partial charge in [0.2, 0.25) is 0 Å². The van der Waals surface area contributed by atoms with E-state index in [1.807, 2.05) is 33.8 Å². The maximum absolute atomic E-state index is 12.5. The molecule has 1 aromatic heterocycles. The first-order chi connectivity index (χ1) is 11.3. The summed E-state index contributed by atoms with van der Waals surface area (Å²) in [7, 11) is 0. The van der Waals surface area contributed by atoms with Crippen LogP contribution in [0.1, 0.15) is 49.1 Å². The smallest absolute Gasteiger partial charge is 0.270 e. The molecule has 0 atom stereocenters. The zero-order valence-electron chi connectivity index (χ0n) is 14.8. The number of nitrogens with one attached hydrogen (secondary N) is 1. The van der Waals surface area contributed by atoms with Gasteiger partial charge in [-0.05, 0) is 52.2 Å². The Hall–Kier alpha value is -2.43. The predicted octanol–water partition coefficient (Wildman–Crippen LogP) is 3.40. The molecule has 1 aromatic carbocycles. The number of nitrogens with zero attached hydrogens (tertiary/aromatic N) is 3. The zero-order valence-corrected chi connectivity index (χ0v) is 14.8. The number of hydrogen-bond donors (Lipinski definition) is 1. The predicted molar refractivity (Wildman–Crippen MR) is 95.8 cm³/mol. The number of carbonyl (C=O) groups excluding carboxylic acids is 1. The molecular weight excluding hydrogens is 300 g/mol. The van der Waals surface area contributed by atoms with Gasteiger partial charge in [0, 0.05) is 23.8 Å². The van der Waals surface area contributed by atoms with E-state index < -0.39 is 0 Å². The van der Waals surface area contributed by atoms with Gasteiger partial charge in [0.15, 0.2) is 0 Å². The van der Waals surface area contributed by atoms with Crippen molar-refractivity contribution in [1.29, 1.82) is 0 Å². The highest BCUT2D eigenvalue weighted by Crippen LogP contribution is 2.32. The molecule has 0 bridgehead atoms. The molecule has 5 heteroatoms. The van der Waals surface area contributed by atoms with Gasteiger partial charge < -0.3 is 10.2 Å². The van der Waals surface area contributed by atoms with Crippen molar-refractivity contribution in [2.45, 2.75) is 46.1 Å². The molecule has 1 N–H and O–H groups in total. The van der Waals surface area contributed by atoms with Gasteiger partial charge in [-0.1, -0.05) is 18.2 Å². The van der Waals surface area contributed by atoms with Crippen LogP contribution in [0, 0.1) is 6.92 Å². The number of anilines is 2. The van der Waals surface area contributed by atoms with Crippen molar-refractivity contribution in [2.75, 3.05) is 11.4 Å². The molecule has 0 aliphatic carbocycles. The SMILES string of the molecule is Cc1nc(C(=O)NC(C)(C)C)cc(N2CCCc3ccccc32)n1. The third-order valence-corrected chi connectivity index (χ3v) is 3.93. The fraction of sp³-hybridized carbons (Fsp3) is 0.421. The summed E-state index contributed by atoms with van der Waals surface area (Å²) < 4.78 is 0. The van der Waals surface area contributed by atoms with E-state index in [1.54, 1.807) is 6.07 Å². The Labute approximate surface area is 143 Å². The third kappa shape index (κ3) is 3.55. The average Bonchev–Trinajstić information content (AvgIpc) is 2.52. The van der Waals surface area contributed by atoms with Crippen LogP contribution in [0.25, 0.3) is 0 Å². The molecule has 24 heavy (non-hydrogen) atoms. The van der Waals surface area contributed by atoms with Gasteiger partial charge in [0.1, 0.15) is 17.3 Å². The average molecular weight is 324 g/mol. The van der Waals surface area contributed by atoms with E-state index in [9.17, 15) is 4.79 Å². The van der Waals surface area contributed by atoms with Gasteiger partial charge >= 0.3 is 0 Å². The van der Waals surface area contributed by atoms with Crippen LogP contribution in [0.4, 0.5) is 11.5 Å². The molecule has 5 nitrogen and oxygen atoms in total. The minimum absolute atomic E-state index is 0.167. The summed E-state index contributed by atoms with van der Waals surface area (Å²) in [6.45, 7) is 8.60. The molecule has 1 aliphatic rings. The minimum atomic E-state index is -0.298. The molecular formula is C19H24N4O. The fourth-order valence-corrected chi connectivity index (χ4v) is 2.98. The van der Waals surface area contributed by atoms with E-state index in [-0.39, 0.29) is 11.4 Å². The van der Waals surface area contributed by atoms with Crippen molar-refractivity contribution in [3.63, 3.8) is 0 Å². The van der Waals surface area contributed by atoms with Crippen LogP contribution in [0.15, 0.2) is 30.3 Å². The van der Waals surface area contributed by atoms with Crippen LogP contribution in [0.5, 0.6) is 0 Å². The molecule has 0 spiro atoms. The molecule has 3 rings (SSSR count). The number of para-hydroxylation sites is 1. The summed E-state index contributed by atoms with van der Waals surface area (Å²) in [5, 5.41) is 2.96. The second kappa shape index (κ2) is 6.23. The molecule has 1 aliphatic heterocycles. The number of hydrogen-bond acceptors (Lipinski definition) is 4. The highest BCUT2D eigenvalue weighted by atomic mass is 16.2. The second-order valence-electron chi connectivity index (χ2n) is 7.25. The number of fused-ring (bicyclic) bond motifs is 1. The molecule has 126 valence electrons. The lowest BCUT2D eigenvalue weighted by Gasteiger charge is -2.30. The first-order valence-electron chi connectivity index (χ1n) is 8.37. The van der Waals surface area contributed by atoms with Gasteiger partial charge in [-0.2, -0.15) is 0 Å². The quantitative estimate of drug-likeness (QED) is 0.920. The van der Waals surface area contributed by atoms with Crippen molar-refractivity contribution in [3.05, 3.63) is 47.4 Å². The van der Waals surface area contributed by atoms with Crippen LogP contribution in [0.3, 0.4) is 0 Å². The van der Waals surface area contributed by atoms with E-state index in [4.69, 9.17) is 0 Å². The molecule has 0 radical (unpaired) electrons. The molecule has 0 fully saturated rings. The Bertz CT molecular complexity index is 764. The van der Waals surface area contributed by atoms with Crippen molar-refractivity contribution in [1.82, 2.24) is 15.3 Å². The topological polar surface area (TPSA) is 58.1 Å². The Morgan fingerprint density at radius 2 is 1.96 bits per heavy atom. The second-order valence-corrected chi connectivity index (χ2v) is 7.25. The van der Waals surface area contributed by atoms with Crippen molar-refractivity contribution >= 4 is 17.4 Å². The van der Waals surface area contributed by atoms with Gasteiger partial charge in [-0.3, -0.25) is 4.79 Å². The number of amides is 1. The monoisotopic (exact) mass is 324 g/mol. The molecule has 1 amide bonds. The zero-order chi connectivity index (χ0) is 17.3. The number of carbonyl (C=O) groups is 1. The first-order valence-corrected chi connectivity index (χ1v) is 8.37. The molecule has 2 heterocycles. The Balaban J connectivity index is 1.97. The standard InChI is InChI=1S/C19H24N4O/c1-13-20-15(18(24)22-19(2,3)4)12-17(21-13)23-11-7-9-14-8-5-6-10-16(14)23/h5-6,8,10,12H,7,9,11H2,1-4H3,(H,22,24). The van der Waals surface area contributed by atoms with E-state index in [1.165, 1.54) is 11.3 Å². The lowest BCUT2D eigenvalue weighted by Crippen LogP contribution is -2.41. The van der Waals surface area contributed by atoms with E-state index >= 15 is 0 Å². The van der Waals surface area contributed by atoms with E-state index in [0.717, 1.165) is 25.2 Å². The van der Waals surface area contributed by atoms with Gasteiger partial charge in [-0.15, -0.1) is 0 Å². The minimum Gasteiger partial charge on any atom is -0.346 e. The number of rotatable bonds is 2. The Kier molecular flexibility index (Phi) is 4.26. The largest absolute Gasteiger partial charge is 0.346 e. The molecule has 0 unspecified atom stereocenters. The van der Waals surface area contributed by atoms with Crippen LogP contribution in [0.2, 0.25) is 0 Å². The summed E-state index contributed by atoms with van der Waals surface area (Å²) >= 11 is 0. The summed E-state index contributed by atoms with van der Waals surface area (Å²) in [5.41, 5.74) is 2.61. The van der Waals surface area contributed by atoms with E-state index in [0.29, 0.717) is 11.5 Å². The highest BCUT2D eigenvalue weighted by Gasteiger charge is 2.22. The number of aromatic nitrogens is 2. The van der Waals surface area contributed by atoms with Crippen LogP contribution < -0.4 is 10.2 Å². The summed E-state index contributed by atoms with van der Waals surface area (Å²) in [4.78, 5) is 23.5. The highest BCUT2D eigenvalue weighted by molar-refractivity contribution is 5.93. The van der Waals surface area contributed by atoms with Gasteiger partial charge in [-0.25, -0.2) is 9.97 Å². The number of benzene rings is 1. The summed E-state index contributed by atoms with van der Waals surface area (Å²) in [5.74, 6) is 1.22. The maximum Gasteiger partial charge on any atom is 0.270 e. The lowest BCUT2D eigenvalue weighted by molar-refractivity contribution is 0.0914. The maximum atomic E-state index is 12.5. The lowest BCUT2D eigenvalue weighted by atomic mass is 10.0. The summed E-state index contributed by atoms with van der Waals surface area (Å²) in [6, 6.07) is 10.2. The Morgan fingerprint density at radius 3 is 2.71 bits per heavy atom. The van der Waals surface area contributed by atoms with Crippen LogP contribution in [-0.4, -0.2) is 28.0 Å². The number of aryl methyl sites for hydroxylation is 2. The van der Waals surface area contributed by atoms with Crippen LogP contribution >= 0.6 is 0 Å². The third-order valence-electron chi connectivity index (χ3n) is 3.93. The van der Waals surface area contributed by atoms with Gasteiger partial charge in [0.25, 0.3) is 5.91 Å². The molecule has 0 saturated carbocycles. The van der Waals surface area contributed by atoms with E-state index in [2.05, 4.69) is 38.4 Å². The molecule has 0 saturated heterocycles. The van der Waals surface area contributed by atoms with Crippen molar-refractivity contribution < 1.29 is 4.79 Å². The van der Waals surface area contributed by atoms with Crippen molar-refractivity contribution in [2.24, 2.45) is 0 Å². The molecule has 2 aromatic rings. The summed E-state index contributed by atoms with van der Waals surface area (Å²) in [6.07, 6.45) is 2.15. The van der Waals surface area contributed by atoms with Gasteiger partial charge in [0.05, 0.1) is 0 Å². The fourth-order valence-electron chi connectivity index (χ4n) is 2.98. The Morgan fingerprint density at radius 1 is 1.21 bits per heavy atom. The van der Waals surface area contributed by atoms with Crippen LogP contribution in [-0.2, 0) is 6.42 Å². The normalized spacial score (nSPS) is 14.2. The van der Waals surface area contributed by atoms with Crippen molar-refractivity contribution in [3.8, 4) is 0 Å².